The summed E-state index contributed by atoms with van der Waals surface area (Å²) in [7, 11) is 0. The molecule has 0 saturated carbocycles. The molecule has 3 nitrogen and oxygen atoms in total. The maximum absolute atomic E-state index is 11.8. The molecule has 2 rings (SSSR count). The first-order valence-electron chi connectivity index (χ1n) is 7.22. The Bertz CT molecular complexity index is 590. The summed E-state index contributed by atoms with van der Waals surface area (Å²) in [5, 5.41) is 2.87. The second kappa shape index (κ2) is 7.48. The zero-order valence-corrected chi connectivity index (χ0v) is 12.6. The Morgan fingerprint density at radius 1 is 1.10 bits per heavy atom. The Morgan fingerprint density at radius 3 is 2.48 bits per heavy atom. The van der Waals surface area contributed by atoms with Crippen molar-refractivity contribution >= 4 is 5.91 Å². The van der Waals surface area contributed by atoms with E-state index in [0.717, 1.165) is 17.7 Å². The van der Waals surface area contributed by atoms with E-state index in [9.17, 15) is 4.79 Å². The molecule has 0 bridgehead atoms. The van der Waals surface area contributed by atoms with Gasteiger partial charge in [-0.2, -0.15) is 0 Å². The molecule has 1 amide bonds. The fourth-order valence-corrected chi connectivity index (χ4v) is 2.02. The van der Waals surface area contributed by atoms with Crippen LogP contribution in [0.25, 0.3) is 0 Å². The van der Waals surface area contributed by atoms with Gasteiger partial charge in [-0.1, -0.05) is 43.3 Å². The van der Waals surface area contributed by atoms with Crippen molar-refractivity contribution in [3.05, 3.63) is 65.2 Å². The number of ether oxygens (including phenoxy) is 1. The van der Waals surface area contributed by atoms with E-state index >= 15 is 0 Å². The number of hydrogen-bond acceptors (Lipinski definition) is 2. The van der Waals surface area contributed by atoms with Crippen LogP contribution in [-0.4, -0.2) is 12.5 Å². The highest BCUT2D eigenvalue weighted by molar-refractivity contribution is 5.77. The number of nitrogens with one attached hydrogen (secondary N) is 1. The Balaban J connectivity index is 1.78. The molecule has 2 aromatic carbocycles. The zero-order valence-electron chi connectivity index (χ0n) is 12.6. The monoisotopic (exact) mass is 283 g/mol. The van der Waals surface area contributed by atoms with E-state index in [1.807, 2.05) is 55.5 Å². The van der Waals surface area contributed by atoms with Gasteiger partial charge in [-0.3, -0.25) is 4.79 Å². The van der Waals surface area contributed by atoms with Crippen molar-refractivity contribution in [2.45, 2.75) is 26.8 Å². The summed E-state index contributed by atoms with van der Waals surface area (Å²) < 4.78 is 5.47. The van der Waals surface area contributed by atoms with Crippen LogP contribution in [0, 0.1) is 6.92 Å². The minimum atomic E-state index is -0.113. The fraction of sp³-hybridized carbons (Fsp3) is 0.278. The van der Waals surface area contributed by atoms with Gasteiger partial charge in [0.1, 0.15) is 5.75 Å². The molecule has 0 aliphatic heterocycles. The van der Waals surface area contributed by atoms with Gasteiger partial charge in [0, 0.05) is 6.54 Å². The van der Waals surface area contributed by atoms with E-state index in [1.165, 1.54) is 11.1 Å². The van der Waals surface area contributed by atoms with Crippen molar-refractivity contribution in [1.82, 2.24) is 5.32 Å². The Labute approximate surface area is 126 Å². The predicted molar refractivity (Wildman–Crippen MR) is 84.3 cm³/mol. The van der Waals surface area contributed by atoms with E-state index in [-0.39, 0.29) is 12.5 Å². The van der Waals surface area contributed by atoms with E-state index in [2.05, 4.69) is 12.2 Å². The van der Waals surface area contributed by atoms with Crippen molar-refractivity contribution in [1.29, 1.82) is 0 Å². The number of rotatable bonds is 6. The highest BCUT2D eigenvalue weighted by Crippen LogP contribution is 2.12. The SMILES string of the molecule is CCc1ccc(OCC(=O)NCc2ccccc2C)cc1. The third-order valence-electron chi connectivity index (χ3n) is 3.44. The van der Waals surface area contributed by atoms with Crippen LogP contribution in [0.15, 0.2) is 48.5 Å². The zero-order chi connectivity index (χ0) is 15.1. The molecular weight excluding hydrogens is 262 g/mol. The summed E-state index contributed by atoms with van der Waals surface area (Å²) in [6.07, 6.45) is 0.997. The highest BCUT2D eigenvalue weighted by atomic mass is 16.5. The number of carbonyl (C=O) groups is 1. The van der Waals surface area contributed by atoms with Crippen LogP contribution < -0.4 is 10.1 Å². The van der Waals surface area contributed by atoms with Gasteiger partial charge in [0.05, 0.1) is 0 Å². The van der Waals surface area contributed by atoms with Gasteiger partial charge in [0.15, 0.2) is 6.61 Å². The van der Waals surface area contributed by atoms with Crippen LogP contribution in [-0.2, 0) is 17.8 Å². The first-order valence-corrected chi connectivity index (χ1v) is 7.22. The molecule has 0 aliphatic rings. The molecule has 0 atom stereocenters. The minimum absolute atomic E-state index is 0.0390. The van der Waals surface area contributed by atoms with Crippen molar-refractivity contribution in [2.24, 2.45) is 0 Å². The number of hydrogen-bond donors (Lipinski definition) is 1. The predicted octanol–water partition coefficient (Wildman–Crippen LogP) is 3.25. The molecular formula is C18H21NO2. The molecule has 1 N–H and O–H groups in total. The average molecular weight is 283 g/mol. The third kappa shape index (κ3) is 4.63. The molecule has 0 fully saturated rings. The summed E-state index contributed by atoms with van der Waals surface area (Å²) in [4.78, 5) is 11.8. The molecule has 0 heterocycles. The molecule has 0 radical (unpaired) electrons. The van der Waals surface area contributed by atoms with Crippen LogP contribution >= 0.6 is 0 Å². The standard InChI is InChI=1S/C18H21NO2/c1-3-15-8-10-17(11-9-15)21-13-18(20)19-12-16-7-5-4-6-14(16)2/h4-11H,3,12-13H2,1-2H3,(H,19,20). The van der Waals surface area contributed by atoms with Gasteiger partial charge < -0.3 is 10.1 Å². The summed E-state index contributed by atoms with van der Waals surface area (Å²) in [5.41, 5.74) is 3.55. The first kappa shape index (κ1) is 15.1. The lowest BCUT2D eigenvalue weighted by Gasteiger charge is -2.09. The minimum Gasteiger partial charge on any atom is -0.484 e. The maximum atomic E-state index is 11.8. The molecule has 110 valence electrons. The van der Waals surface area contributed by atoms with Crippen molar-refractivity contribution in [2.75, 3.05) is 6.61 Å². The second-order valence-corrected chi connectivity index (χ2v) is 4.99. The second-order valence-electron chi connectivity index (χ2n) is 4.99. The van der Waals surface area contributed by atoms with Crippen LogP contribution in [0.3, 0.4) is 0 Å². The molecule has 2 aromatic rings. The number of amides is 1. The molecule has 0 spiro atoms. The molecule has 0 aliphatic carbocycles. The summed E-state index contributed by atoms with van der Waals surface area (Å²) in [5.74, 6) is 0.607. The van der Waals surface area contributed by atoms with Gasteiger partial charge in [0.25, 0.3) is 5.91 Å². The summed E-state index contributed by atoms with van der Waals surface area (Å²) >= 11 is 0. The lowest BCUT2D eigenvalue weighted by molar-refractivity contribution is -0.123. The summed E-state index contributed by atoms with van der Waals surface area (Å²) in [6.45, 7) is 4.71. The van der Waals surface area contributed by atoms with Gasteiger partial charge in [-0.15, -0.1) is 0 Å². The Hall–Kier alpha value is -2.29. The van der Waals surface area contributed by atoms with E-state index < -0.39 is 0 Å². The smallest absolute Gasteiger partial charge is 0.258 e. The Kier molecular flexibility index (Phi) is 5.38. The molecule has 0 aromatic heterocycles. The molecule has 21 heavy (non-hydrogen) atoms. The maximum Gasteiger partial charge on any atom is 0.258 e. The van der Waals surface area contributed by atoms with Crippen LogP contribution in [0.5, 0.6) is 5.75 Å². The number of benzene rings is 2. The van der Waals surface area contributed by atoms with Crippen molar-refractivity contribution < 1.29 is 9.53 Å². The molecule has 0 unspecified atom stereocenters. The van der Waals surface area contributed by atoms with Crippen molar-refractivity contribution in [3.63, 3.8) is 0 Å². The molecule has 0 saturated heterocycles. The number of carbonyl (C=O) groups excluding carboxylic acids is 1. The van der Waals surface area contributed by atoms with Gasteiger partial charge >= 0.3 is 0 Å². The summed E-state index contributed by atoms with van der Waals surface area (Å²) in [6, 6.07) is 15.8. The Morgan fingerprint density at radius 2 is 1.81 bits per heavy atom. The van der Waals surface area contributed by atoms with Crippen LogP contribution in [0.2, 0.25) is 0 Å². The highest BCUT2D eigenvalue weighted by Gasteiger charge is 2.04. The number of aryl methyl sites for hydroxylation is 2. The fourth-order valence-electron chi connectivity index (χ4n) is 2.02. The van der Waals surface area contributed by atoms with E-state index in [4.69, 9.17) is 4.74 Å². The van der Waals surface area contributed by atoms with Crippen LogP contribution in [0.1, 0.15) is 23.6 Å². The van der Waals surface area contributed by atoms with Gasteiger partial charge in [-0.25, -0.2) is 0 Å². The lowest BCUT2D eigenvalue weighted by Crippen LogP contribution is -2.28. The van der Waals surface area contributed by atoms with Crippen molar-refractivity contribution in [3.8, 4) is 5.75 Å². The first-order chi connectivity index (χ1) is 10.2. The average Bonchev–Trinajstić information content (AvgIpc) is 2.52. The van der Waals surface area contributed by atoms with E-state index in [1.54, 1.807) is 0 Å². The van der Waals surface area contributed by atoms with E-state index in [0.29, 0.717) is 6.54 Å². The quantitative estimate of drug-likeness (QED) is 0.883. The lowest BCUT2D eigenvalue weighted by atomic mass is 10.1. The normalized spacial score (nSPS) is 10.2. The largest absolute Gasteiger partial charge is 0.484 e. The van der Waals surface area contributed by atoms with Gasteiger partial charge in [0.2, 0.25) is 0 Å². The van der Waals surface area contributed by atoms with Gasteiger partial charge in [-0.05, 0) is 42.2 Å². The third-order valence-corrected chi connectivity index (χ3v) is 3.44. The topological polar surface area (TPSA) is 38.3 Å². The van der Waals surface area contributed by atoms with Crippen LogP contribution in [0.4, 0.5) is 0 Å². The molecule has 3 heteroatoms.